The zero-order valence-electron chi connectivity index (χ0n) is 8.47. The highest BCUT2D eigenvalue weighted by Crippen LogP contribution is 1.76. The number of hydrogen-bond donors (Lipinski definition) is 4. The van der Waals surface area contributed by atoms with Crippen molar-refractivity contribution < 1.29 is 4.74 Å². The summed E-state index contributed by atoms with van der Waals surface area (Å²) >= 11 is 0. The van der Waals surface area contributed by atoms with E-state index in [-0.39, 0.29) is 0 Å². The highest BCUT2D eigenvalue weighted by molar-refractivity contribution is 4.49. The Labute approximate surface area is 75.6 Å². The molecule has 1 heterocycles. The molecule has 78 valence electrons. The van der Waals surface area contributed by atoms with E-state index in [2.05, 4.69) is 22.5 Å². The number of rotatable bonds is 0. The van der Waals surface area contributed by atoms with Gasteiger partial charge in [0.2, 0.25) is 0 Å². The molecular formula is C7H24N4O. The van der Waals surface area contributed by atoms with E-state index in [4.69, 9.17) is 4.74 Å². The van der Waals surface area contributed by atoms with Gasteiger partial charge in [0.25, 0.3) is 0 Å². The fraction of sp³-hybridized carbons (Fsp3) is 1.00. The Kier molecular flexibility index (Phi) is 45.7. The van der Waals surface area contributed by atoms with Crippen LogP contribution in [0.4, 0.5) is 0 Å². The average molecular weight is 180 g/mol. The maximum atomic E-state index is 5.01. The van der Waals surface area contributed by atoms with E-state index >= 15 is 0 Å². The van der Waals surface area contributed by atoms with Crippen LogP contribution in [0.1, 0.15) is 0 Å². The lowest BCUT2D eigenvalue weighted by molar-refractivity contribution is 0.109. The van der Waals surface area contributed by atoms with Crippen LogP contribution in [0.25, 0.3) is 0 Å². The summed E-state index contributed by atoms with van der Waals surface area (Å²) in [6, 6.07) is 0. The maximum Gasteiger partial charge on any atom is 0.0591 e. The van der Waals surface area contributed by atoms with Crippen molar-refractivity contribution in [1.29, 1.82) is 0 Å². The first kappa shape index (κ1) is 17.8. The monoisotopic (exact) mass is 180 g/mol. The van der Waals surface area contributed by atoms with Gasteiger partial charge in [0.1, 0.15) is 0 Å². The van der Waals surface area contributed by atoms with Crippen molar-refractivity contribution in [2.24, 2.45) is 17.2 Å². The van der Waals surface area contributed by atoms with Crippen molar-refractivity contribution in [2.45, 2.75) is 0 Å². The average Bonchev–Trinajstić information content (AvgIpc) is 2.29. The number of morpholine rings is 1. The van der Waals surface area contributed by atoms with Gasteiger partial charge in [-0.05, 0) is 21.1 Å². The molecule has 0 radical (unpaired) electrons. The van der Waals surface area contributed by atoms with Crippen molar-refractivity contribution in [2.75, 3.05) is 47.4 Å². The van der Waals surface area contributed by atoms with Gasteiger partial charge >= 0.3 is 0 Å². The molecule has 0 spiro atoms. The summed E-state index contributed by atoms with van der Waals surface area (Å²) in [7, 11) is 4.50. The van der Waals surface area contributed by atoms with E-state index in [1.807, 2.05) is 0 Å². The van der Waals surface area contributed by atoms with E-state index in [1.165, 1.54) is 21.1 Å². The van der Waals surface area contributed by atoms with Crippen LogP contribution in [0.3, 0.4) is 0 Å². The molecule has 0 aromatic heterocycles. The first-order valence-electron chi connectivity index (χ1n) is 4.02. The largest absolute Gasteiger partial charge is 0.379 e. The smallest absolute Gasteiger partial charge is 0.0591 e. The first-order chi connectivity index (χ1) is 6.00. The van der Waals surface area contributed by atoms with Gasteiger partial charge in [-0.1, -0.05) is 0 Å². The third-order valence-electron chi connectivity index (χ3n) is 0.846. The van der Waals surface area contributed by atoms with Gasteiger partial charge in [0.05, 0.1) is 13.2 Å². The molecule has 0 unspecified atom stereocenters. The summed E-state index contributed by atoms with van der Waals surface area (Å²) in [6.45, 7) is 3.83. The maximum absolute atomic E-state index is 5.01. The zero-order chi connectivity index (χ0) is 10.2. The fourth-order valence-corrected chi connectivity index (χ4v) is 0.516. The summed E-state index contributed by atoms with van der Waals surface area (Å²) in [5.41, 5.74) is 13.5. The van der Waals surface area contributed by atoms with Crippen LogP contribution in [-0.2, 0) is 4.74 Å². The van der Waals surface area contributed by atoms with Gasteiger partial charge in [-0.15, -0.1) is 0 Å². The number of nitrogens with one attached hydrogen (secondary N) is 1. The predicted molar refractivity (Wildman–Crippen MR) is 54.0 cm³/mol. The van der Waals surface area contributed by atoms with E-state index < -0.39 is 0 Å². The lowest BCUT2D eigenvalue weighted by Gasteiger charge is -2.10. The van der Waals surface area contributed by atoms with Crippen molar-refractivity contribution in [1.82, 2.24) is 5.32 Å². The Morgan fingerprint density at radius 1 is 0.833 bits per heavy atom. The summed E-state index contributed by atoms with van der Waals surface area (Å²) in [5, 5.41) is 3.16. The van der Waals surface area contributed by atoms with Gasteiger partial charge in [0.15, 0.2) is 0 Å². The van der Waals surface area contributed by atoms with Crippen molar-refractivity contribution in [3.63, 3.8) is 0 Å². The highest BCUT2D eigenvalue weighted by Gasteiger charge is 1.92. The summed E-state index contributed by atoms with van der Waals surface area (Å²) in [5.74, 6) is 0. The lowest BCUT2D eigenvalue weighted by atomic mass is 10.5. The predicted octanol–water partition coefficient (Wildman–Crippen LogP) is -1.67. The molecule has 1 rings (SSSR count). The van der Waals surface area contributed by atoms with Gasteiger partial charge in [-0.25, -0.2) is 0 Å². The molecule has 0 bridgehead atoms. The van der Waals surface area contributed by atoms with E-state index in [9.17, 15) is 0 Å². The molecule has 0 aromatic carbocycles. The Hall–Kier alpha value is -0.200. The highest BCUT2D eigenvalue weighted by atomic mass is 16.5. The van der Waals surface area contributed by atoms with Gasteiger partial charge in [-0.3, -0.25) is 0 Å². The molecule has 0 saturated carbocycles. The van der Waals surface area contributed by atoms with Crippen LogP contribution in [-0.4, -0.2) is 47.4 Å². The molecule has 1 saturated heterocycles. The van der Waals surface area contributed by atoms with Crippen molar-refractivity contribution >= 4 is 0 Å². The second-order valence-corrected chi connectivity index (χ2v) is 1.36. The minimum absolute atomic E-state index is 0.889. The minimum atomic E-state index is 0.889. The molecule has 7 N–H and O–H groups in total. The van der Waals surface area contributed by atoms with E-state index in [0.717, 1.165) is 26.3 Å². The van der Waals surface area contributed by atoms with Crippen LogP contribution in [0.15, 0.2) is 0 Å². The number of ether oxygens (including phenoxy) is 1. The second kappa shape index (κ2) is 30.8. The lowest BCUT2D eigenvalue weighted by Crippen LogP contribution is -2.30. The minimum Gasteiger partial charge on any atom is -0.379 e. The molecule has 12 heavy (non-hydrogen) atoms. The number of nitrogens with two attached hydrogens (primary N) is 3. The molecule has 5 nitrogen and oxygen atoms in total. The third-order valence-corrected chi connectivity index (χ3v) is 0.846. The van der Waals surface area contributed by atoms with Gasteiger partial charge in [0, 0.05) is 13.1 Å². The van der Waals surface area contributed by atoms with Crippen LogP contribution < -0.4 is 22.5 Å². The van der Waals surface area contributed by atoms with Crippen LogP contribution >= 0.6 is 0 Å². The second-order valence-electron chi connectivity index (χ2n) is 1.36. The summed E-state index contributed by atoms with van der Waals surface area (Å²) < 4.78 is 5.01. The molecule has 0 aromatic rings. The SMILES string of the molecule is C1COCCN1.CN.CN.CN. The Morgan fingerprint density at radius 3 is 1.25 bits per heavy atom. The molecule has 1 fully saturated rings. The molecule has 0 amide bonds. The topological polar surface area (TPSA) is 99.3 Å². The first-order valence-corrected chi connectivity index (χ1v) is 4.02. The van der Waals surface area contributed by atoms with E-state index in [0.29, 0.717) is 0 Å². The van der Waals surface area contributed by atoms with Crippen molar-refractivity contribution in [3.05, 3.63) is 0 Å². The zero-order valence-corrected chi connectivity index (χ0v) is 8.47. The molecule has 1 aliphatic rings. The standard InChI is InChI=1S/C4H9NO.3CH5N/c1-3-6-4-2-5-1;3*1-2/h5H,1-4H2;3*2H2,1H3. The summed E-state index contributed by atoms with van der Waals surface area (Å²) in [4.78, 5) is 0. The summed E-state index contributed by atoms with van der Waals surface area (Å²) in [6.07, 6.45) is 0. The Bertz CT molecular complexity index is 30.9. The number of hydrogen-bond acceptors (Lipinski definition) is 5. The molecule has 1 aliphatic heterocycles. The normalized spacial score (nSPS) is 13.5. The van der Waals surface area contributed by atoms with Gasteiger partial charge in [-0.2, -0.15) is 0 Å². The quantitative estimate of drug-likeness (QED) is 0.357. The van der Waals surface area contributed by atoms with Crippen molar-refractivity contribution in [3.8, 4) is 0 Å². The Morgan fingerprint density at radius 2 is 1.17 bits per heavy atom. The van der Waals surface area contributed by atoms with Crippen LogP contribution in [0.5, 0.6) is 0 Å². The Balaban J connectivity index is -0.000000117. The molecule has 0 aliphatic carbocycles. The molecule has 5 heteroatoms. The van der Waals surface area contributed by atoms with E-state index in [1.54, 1.807) is 0 Å². The van der Waals surface area contributed by atoms with Crippen LogP contribution in [0.2, 0.25) is 0 Å². The third kappa shape index (κ3) is 22.6. The van der Waals surface area contributed by atoms with Crippen LogP contribution in [0, 0.1) is 0 Å². The fourth-order valence-electron chi connectivity index (χ4n) is 0.516. The molecular weight excluding hydrogens is 156 g/mol. The molecule has 0 atom stereocenters. The van der Waals surface area contributed by atoms with Gasteiger partial charge < -0.3 is 27.3 Å².